The molecule has 0 saturated heterocycles. The number of benzene rings is 2. The van der Waals surface area contributed by atoms with Crippen molar-refractivity contribution in [3.05, 3.63) is 95.8 Å². The average molecular weight is 942 g/mol. The summed E-state index contributed by atoms with van der Waals surface area (Å²) in [4.78, 5) is 12.6. The molecule has 2 aliphatic rings. The maximum absolute atomic E-state index is 12.2. The molecule has 0 amide bonds. The maximum atomic E-state index is 12.2. The van der Waals surface area contributed by atoms with Gasteiger partial charge < -0.3 is 10.0 Å². The standard InChI is InChI=1S/C42H56N2O14S4/c1-5-43-36-23-21-32(61(52,53)54)30-34(36)41(2,26-14-17-29-60(50,51)58-4)38(43)18-10-7-6-8-11-19-39-42(3,25-13-16-28-59(47,48)49)35-31-33(62(55,56)57)22-24-37(35)44(39)27-15-9-12-20-40(45)46/h6-8,10-11,18-19,21-24,30-31H,5,9,12-17,20,25-29H2,1-4H3,(H3-,45,46,47,48,49,52,53,54,55,56,57)/p+1. The number of allylic oxidation sites excluding steroid dienone is 8. The fourth-order valence-electron chi connectivity index (χ4n) is 8.30. The highest BCUT2D eigenvalue weighted by atomic mass is 32.2. The number of carboxylic acid groups (broad SMARTS) is 1. The van der Waals surface area contributed by atoms with E-state index >= 15 is 0 Å². The second-order valence-corrected chi connectivity index (χ2v) is 22.0. The summed E-state index contributed by atoms with van der Waals surface area (Å²) in [6, 6.07) is 8.78. The van der Waals surface area contributed by atoms with Gasteiger partial charge in [-0.1, -0.05) is 43.2 Å². The van der Waals surface area contributed by atoms with Crippen LogP contribution in [-0.2, 0) is 60.3 Å². The van der Waals surface area contributed by atoms with Crippen LogP contribution in [0.2, 0.25) is 0 Å². The Morgan fingerprint density at radius 1 is 0.726 bits per heavy atom. The zero-order valence-corrected chi connectivity index (χ0v) is 38.6. The van der Waals surface area contributed by atoms with Gasteiger partial charge in [-0.25, -0.2) is 0 Å². The van der Waals surface area contributed by atoms with Crippen LogP contribution in [0.4, 0.5) is 11.4 Å². The van der Waals surface area contributed by atoms with E-state index in [1.165, 1.54) is 24.3 Å². The lowest BCUT2D eigenvalue weighted by Crippen LogP contribution is -2.31. The van der Waals surface area contributed by atoms with Gasteiger partial charge in [0.15, 0.2) is 5.71 Å². The van der Waals surface area contributed by atoms with Crippen molar-refractivity contribution in [1.29, 1.82) is 0 Å². The van der Waals surface area contributed by atoms with E-state index in [1.54, 1.807) is 36.4 Å². The molecule has 0 spiro atoms. The lowest BCUT2D eigenvalue weighted by molar-refractivity contribution is -0.438. The van der Waals surface area contributed by atoms with Gasteiger partial charge in [0.25, 0.3) is 40.5 Å². The van der Waals surface area contributed by atoms with E-state index in [4.69, 9.17) is 5.11 Å². The van der Waals surface area contributed by atoms with Crippen molar-refractivity contribution < 1.29 is 66.0 Å². The minimum atomic E-state index is -4.57. The second kappa shape index (κ2) is 20.7. The van der Waals surface area contributed by atoms with E-state index < -0.39 is 63.0 Å². The quantitative estimate of drug-likeness (QED) is 0.0280. The van der Waals surface area contributed by atoms with E-state index in [1.807, 2.05) is 48.5 Å². The maximum Gasteiger partial charge on any atom is 0.303 e. The number of aliphatic carboxylic acids is 1. The number of likely N-dealkylation sites (N-methyl/N-ethyl adjacent to an activating group) is 1. The molecule has 2 aromatic carbocycles. The summed E-state index contributed by atoms with van der Waals surface area (Å²) in [7, 11) is -15.9. The molecule has 2 atom stereocenters. The van der Waals surface area contributed by atoms with Crippen LogP contribution in [-0.4, -0.2) is 100 Å². The first-order valence-corrected chi connectivity index (χ1v) is 26.3. The van der Waals surface area contributed by atoms with Gasteiger partial charge in [-0.05, 0) is 101 Å². The number of unbranched alkanes of at least 4 members (excludes halogenated alkanes) is 4. The minimum Gasteiger partial charge on any atom is -0.481 e. The van der Waals surface area contributed by atoms with Gasteiger partial charge in [0.1, 0.15) is 6.54 Å². The predicted molar refractivity (Wildman–Crippen MR) is 237 cm³/mol. The lowest BCUT2D eigenvalue weighted by Gasteiger charge is -2.30. The molecule has 4 N–H and O–H groups in total. The molecule has 2 aliphatic heterocycles. The molecule has 0 aliphatic carbocycles. The zero-order chi connectivity index (χ0) is 46.1. The van der Waals surface area contributed by atoms with Crippen molar-refractivity contribution in [3.63, 3.8) is 0 Å². The third-order valence-electron chi connectivity index (χ3n) is 11.5. The third-order valence-corrected chi connectivity index (χ3v) is 15.3. The molecular weight excluding hydrogens is 885 g/mol. The highest BCUT2D eigenvalue weighted by molar-refractivity contribution is 7.87. The molecule has 342 valence electrons. The van der Waals surface area contributed by atoms with Gasteiger partial charge in [-0.2, -0.15) is 38.2 Å². The molecule has 62 heavy (non-hydrogen) atoms. The highest BCUT2D eigenvalue weighted by Gasteiger charge is 2.48. The summed E-state index contributed by atoms with van der Waals surface area (Å²) in [5, 5.41) is 9.12. The van der Waals surface area contributed by atoms with Gasteiger partial charge in [0, 0.05) is 53.9 Å². The fraction of sp³-hybridized carbons (Fsp3) is 0.476. The van der Waals surface area contributed by atoms with E-state index in [2.05, 4.69) is 4.18 Å². The molecule has 2 unspecified atom stereocenters. The van der Waals surface area contributed by atoms with Crippen LogP contribution in [0.5, 0.6) is 0 Å². The average Bonchev–Trinajstić information content (AvgIpc) is 3.56. The molecule has 2 heterocycles. The summed E-state index contributed by atoms with van der Waals surface area (Å²) < 4.78 is 132. The number of rotatable bonds is 24. The number of fused-ring (bicyclic) bond motifs is 2. The first-order chi connectivity index (χ1) is 28.9. The van der Waals surface area contributed by atoms with Crippen molar-refractivity contribution in [2.45, 2.75) is 106 Å². The first-order valence-electron chi connectivity index (χ1n) is 20.2. The Balaban J connectivity index is 1.69. The van der Waals surface area contributed by atoms with Crippen LogP contribution < -0.4 is 4.90 Å². The molecule has 0 saturated carbocycles. The van der Waals surface area contributed by atoms with Crippen LogP contribution >= 0.6 is 0 Å². The van der Waals surface area contributed by atoms with Crippen molar-refractivity contribution in [3.8, 4) is 0 Å². The lowest BCUT2D eigenvalue weighted by atomic mass is 9.75. The summed E-state index contributed by atoms with van der Waals surface area (Å²) in [6.07, 6.45) is 16.6. The van der Waals surface area contributed by atoms with Gasteiger partial charge in [-0.15, -0.1) is 0 Å². The number of carboxylic acids is 1. The number of hydrogen-bond donors (Lipinski definition) is 4. The molecule has 4 rings (SSSR count). The van der Waals surface area contributed by atoms with Crippen LogP contribution in [0.1, 0.15) is 96.1 Å². The minimum absolute atomic E-state index is 0.0180. The second-order valence-electron chi connectivity index (χ2n) is 15.8. The fourth-order valence-corrected chi connectivity index (χ4v) is 10.6. The number of anilines is 1. The molecule has 0 bridgehead atoms. The van der Waals surface area contributed by atoms with Gasteiger partial charge >= 0.3 is 5.97 Å². The largest absolute Gasteiger partial charge is 0.481 e. The molecule has 0 fully saturated rings. The summed E-state index contributed by atoms with van der Waals surface area (Å²) in [5.41, 5.74) is 2.70. The molecule has 0 aromatic heterocycles. The van der Waals surface area contributed by atoms with Crippen LogP contribution in [0, 0.1) is 0 Å². The first kappa shape index (κ1) is 50.6. The Labute approximate surface area is 365 Å². The summed E-state index contributed by atoms with van der Waals surface area (Å²) in [5.74, 6) is -1.52. The van der Waals surface area contributed by atoms with E-state index in [0.29, 0.717) is 81.3 Å². The van der Waals surface area contributed by atoms with E-state index in [9.17, 15) is 52.1 Å². The van der Waals surface area contributed by atoms with Crippen molar-refractivity contribution >= 4 is 63.5 Å². The summed E-state index contributed by atoms with van der Waals surface area (Å²) in [6.45, 7) is 6.79. The molecular formula is C42H57N2O14S4+. The normalized spacial score (nSPS) is 20.4. The number of nitrogens with zero attached hydrogens (tertiary/aromatic N) is 2. The molecule has 16 nitrogen and oxygen atoms in total. The number of carbonyl (C=O) groups is 1. The van der Waals surface area contributed by atoms with Crippen molar-refractivity contribution in [2.75, 3.05) is 36.6 Å². The predicted octanol–water partition coefficient (Wildman–Crippen LogP) is 6.74. The van der Waals surface area contributed by atoms with Gasteiger partial charge in [0.2, 0.25) is 5.69 Å². The molecule has 0 radical (unpaired) electrons. The van der Waals surface area contributed by atoms with Crippen LogP contribution in [0.15, 0.2) is 94.4 Å². The zero-order valence-electron chi connectivity index (χ0n) is 35.3. The van der Waals surface area contributed by atoms with Gasteiger partial charge in [-0.3, -0.25) is 22.6 Å². The topological polar surface area (TPSA) is 250 Å². The number of hydrogen-bond acceptors (Lipinski definition) is 11. The van der Waals surface area contributed by atoms with E-state index in [0.717, 1.165) is 24.2 Å². The Kier molecular flexibility index (Phi) is 16.9. The Morgan fingerprint density at radius 3 is 1.90 bits per heavy atom. The van der Waals surface area contributed by atoms with Gasteiger partial charge in [0.05, 0.1) is 33.8 Å². The van der Waals surface area contributed by atoms with Crippen LogP contribution in [0.3, 0.4) is 0 Å². The Morgan fingerprint density at radius 2 is 1.31 bits per heavy atom. The Hall–Kier alpha value is -4.02. The highest BCUT2D eigenvalue weighted by Crippen LogP contribution is 2.51. The monoisotopic (exact) mass is 941 g/mol. The van der Waals surface area contributed by atoms with Crippen molar-refractivity contribution in [2.24, 2.45) is 0 Å². The molecule has 20 heteroatoms. The third kappa shape index (κ3) is 12.8. The molecule has 2 aromatic rings. The summed E-state index contributed by atoms with van der Waals surface area (Å²) >= 11 is 0. The van der Waals surface area contributed by atoms with Crippen LogP contribution in [0.25, 0.3) is 0 Å². The Bertz CT molecular complexity index is 2600. The SMILES string of the molecule is CCN1C(=CC=CC=CC=CC2=[N+](CCCCCC(=O)O)c3ccc(S(=O)(=O)O)cc3C2(C)CCCCS(=O)(=O)O)C(C)(CCCCS(=O)(=O)OC)c2cc(S(=O)(=O)O)ccc21. The van der Waals surface area contributed by atoms with E-state index in [-0.39, 0.29) is 28.4 Å². The van der Waals surface area contributed by atoms with Crippen molar-refractivity contribution in [1.82, 2.24) is 0 Å². The smallest absolute Gasteiger partial charge is 0.303 e.